The zero-order valence-corrected chi connectivity index (χ0v) is 14.5. The van der Waals surface area contributed by atoms with Crippen molar-refractivity contribution in [1.29, 1.82) is 0 Å². The summed E-state index contributed by atoms with van der Waals surface area (Å²) in [6.07, 6.45) is 0.547. The van der Waals surface area contributed by atoms with Crippen LogP contribution in [0.1, 0.15) is 18.1 Å². The number of ether oxygens (including phenoxy) is 1. The Balaban J connectivity index is 0.00000264. The van der Waals surface area contributed by atoms with Crippen molar-refractivity contribution in [1.82, 2.24) is 0 Å². The van der Waals surface area contributed by atoms with Crippen LogP contribution in [0.3, 0.4) is 0 Å². The number of hydrogen-bond acceptors (Lipinski definition) is 2. The van der Waals surface area contributed by atoms with Crippen LogP contribution in [0.4, 0.5) is 0 Å². The van der Waals surface area contributed by atoms with Gasteiger partial charge < -0.3 is 27.6 Å². The molecule has 0 bridgehead atoms. The first kappa shape index (κ1) is 19.5. The smallest absolute Gasteiger partial charge is 0.137 e. The van der Waals surface area contributed by atoms with Gasteiger partial charge in [-0.1, -0.05) is 42.5 Å². The van der Waals surface area contributed by atoms with Gasteiger partial charge in [0.15, 0.2) is 0 Å². The van der Waals surface area contributed by atoms with Gasteiger partial charge in [-0.05, 0) is 37.1 Å². The molecule has 2 unspecified atom stereocenters. The van der Waals surface area contributed by atoms with Gasteiger partial charge in [0.2, 0.25) is 0 Å². The van der Waals surface area contributed by atoms with Crippen molar-refractivity contribution in [2.24, 2.45) is 0 Å². The molecule has 2 atom stereocenters. The van der Waals surface area contributed by atoms with Gasteiger partial charge in [0.25, 0.3) is 0 Å². The normalized spacial score (nSPS) is 13.0. The summed E-state index contributed by atoms with van der Waals surface area (Å²) in [4.78, 5) is 0. The quantitative estimate of drug-likeness (QED) is 0.645. The van der Waals surface area contributed by atoms with Crippen LogP contribution < -0.4 is 22.5 Å². The third-order valence-corrected chi connectivity index (χ3v) is 3.64. The molecule has 2 aromatic rings. The summed E-state index contributed by atoms with van der Waals surface area (Å²) >= 11 is 0. The largest absolute Gasteiger partial charge is 1.00 e. The van der Waals surface area contributed by atoms with Crippen molar-refractivity contribution >= 4 is 0 Å². The Labute approximate surface area is 145 Å². The van der Waals surface area contributed by atoms with Crippen LogP contribution >= 0.6 is 0 Å². The van der Waals surface area contributed by atoms with E-state index in [0.29, 0.717) is 19.2 Å². The van der Waals surface area contributed by atoms with Gasteiger partial charge in [-0.2, -0.15) is 0 Å². The molecule has 0 spiro atoms. The van der Waals surface area contributed by atoms with E-state index in [1.54, 1.807) is 0 Å². The maximum absolute atomic E-state index is 10.0. The minimum Gasteiger partial charge on any atom is -1.00 e. The number of rotatable bonds is 8. The van der Waals surface area contributed by atoms with Crippen LogP contribution in [0, 0.1) is 6.92 Å². The van der Waals surface area contributed by atoms with Crippen LogP contribution in [0.15, 0.2) is 54.6 Å². The topological polar surface area (TPSA) is 46.1 Å². The molecule has 0 heterocycles. The molecule has 0 amide bonds. The van der Waals surface area contributed by atoms with Crippen molar-refractivity contribution in [2.75, 3.05) is 13.2 Å². The molecule has 4 heteroatoms. The molecule has 2 rings (SSSR count). The predicted molar refractivity (Wildman–Crippen MR) is 89.1 cm³/mol. The van der Waals surface area contributed by atoms with Crippen molar-refractivity contribution in [3.63, 3.8) is 0 Å². The zero-order chi connectivity index (χ0) is 15.8. The van der Waals surface area contributed by atoms with Crippen molar-refractivity contribution in [3.05, 3.63) is 65.7 Å². The number of benzene rings is 2. The van der Waals surface area contributed by atoms with Gasteiger partial charge in [-0.25, -0.2) is 0 Å². The van der Waals surface area contributed by atoms with Crippen LogP contribution in [0.25, 0.3) is 0 Å². The Hall–Kier alpha value is -1.55. The second-order valence-corrected chi connectivity index (χ2v) is 5.92. The lowest BCUT2D eigenvalue weighted by molar-refractivity contribution is -0.691. The van der Waals surface area contributed by atoms with E-state index in [2.05, 4.69) is 36.5 Å². The average molecular weight is 336 g/mol. The predicted octanol–water partition coefficient (Wildman–Crippen LogP) is -1.07. The molecule has 0 aliphatic carbocycles. The minimum absolute atomic E-state index is 0. The first-order valence-electron chi connectivity index (χ1n) is 7.88. The van der Waals surface area contributed by atoms with E-state index in [0.717, 1.165) is 17.7 Å². The first-order valence-corrected chi connectivity index (χ1v) is 7.88. The van der Waals surface area contributed by atoms with E-state index < -0.39 is 6.10 Å². The van der Waals surface area contributed by atoms with Crippen LogP contribution in [-0.4, -0.2) is 30.4 Å². The maximum atomic E-state index is 10.0. The zero-order valence-electron chi connectivity index (χ0n) is 13.8. The molecule has 3 N–H and O–H groups in total. The molecule has 0 aromatic heterocycles. The molecule has 126 valence electrons. The van der Waals surface area contributed by atoms with Crippen molar-refractivity contribution in [3.8, 4) is 5.75 Å². The molecule has 0 saturated carbocycles. The highest BCUT2D eigenvalue weighted by Gasteiger charge is 2.12. The van der Waals surface area contributed by atoms with E-state index in [-0.39, 0.29) is 12.4 Å². The summed E-state index contributed by atoms with van der Waals surface area (Å²) in [5.41, 5.74) is 2.49. The lowest BCUT2D eigenvalue weighted by atomic mass is 10.1. The van der Waals surface area contributed by atoms with Crippen LogP contribution in [-0.2, 0) is 6.42 Å². The van der Waals surface area contributed by atoms with Gasteiger partial charge in [0.1, 0.15) is 25.0 Å². The standard InChI is InChI=1S/C19H25NO2.ClH/c1-15-7-6-10-19(11-15)22-14-18(21)13-20-16(2)12-17-8-4-3-5-9-17;/h3-11,16,18,20-21H,12-14H2,1-2H3;1H. The third-order valence-electron chi connectivity index (χ3n) is 3.64. The highest BCUT2D eigenvalue weighted by Crippen LogP contribution is 2.12. The summed E-state index contributed by atoms with van der Waals surface area (Å²) in [6, 6.07) is 18.8. The first-order chi connectivity index (χ1) is 10.6. The lowest BCUT2D eigenvalue weighted by Gasteiger charge is -2.15. The SMILES string of the molecule is Cc1cccc(OCC(O)C[NH2+]C(C)Cc2ccccc2)c1.[Cl-]. The Bertz CT molecular complexity index is 562. The molecular formula is C19H26ClNO2. The second-order valence-electron chi connectivity index (χ2n) is 5.92. The van der Waals surface area contributed by atoms with E-state index in [1.807, 2.05) is 37.3 Å². The number of hydrogen-bond donors (Lipinski definition) is 2. The van der Waals surface area contributed by atoms with Gasteiger partial charge in [-0.3, -0.25) is 0 Å². The summed E-state index contributed by atoms with van der Waals surface area (Å²) < 4.78 is 5.63. The van der Waals surface area contributed by atoms with Gasteiger partial charge in [0, 0.05) is 6.42 Å². The number of aliphatic hydroxyl groups excluding tert-OH is 1. The van der Waals surface area contributed by atoms with Crippen molar-refractivity contribution < 1.29 is 27.6 Å². The Morgan fingerprint density at radius 2 is 1.83 bits per heavy atom. The van der Waals surface area contributed by atoms with E-state index in [1.165, 1.54) is 5.56 Å². The molecule has 0 aliphatic rings. The molecule has 0 saturated heterocycles. The number of quaternary nitrogens is 1. The molecule has 0 aliphatic heterocycles. The molecule has 2 aromatic carbocycles. The molecule has 23 heavy (non-hydrogen) atoms. The van der Waals surface area contributed by atoms with E-state index in [9.17, 15) is 5.11 Å². The highest BCUT2D eigenvalue weighted by molar-refractivity contribution is 5.27. The monoisotopic (exact) mass is 335 g/mol. The number of aliphatic hydroxyl groups is 1. The van der Waals surface area contributed by atoms with Crippen LogP contribution in [0.5, 0.6) is 5.75 Å². The number of halogens is 1. The fourth-order valence-corrected chi connectivity index (χ4v) is 2.42. The summed E-state index contributed by atoms with van der Waals surface area (Å²) in [5.74, 6) is 0.816. The van der Waals surface area contributed by atoms with E-state index >= 15 is 0 Å². The number of nitrogens with two attached hydrogens (primary N) is 1. The van der Waals surface area contributed by atoms with Crippen molar-refractivity contribution in [2.45, 2.75) is 32.4 Å². The fourth-order valence-electron chi connectivity index (χ4n) is 2.42. The minimum atomic E-state index is -0.460. The summed E-state index contributed by atoms with van der Waals surface area (Å²) in [7, 11) is 0. The van der Waals surface area contributed by atoms with Crippen LogP contribution in [0.2, 0.25) is 0 Å². The summed E-state index contributed by atoms with van der Waals surface area (Å²) in [5, 5.41) is 12.2. The second kappa shape index (κ2) is 10.3. The summed E-state index contributed by atoms with van der Waals surface area (Å²) in [6.45, 7) is 5.20. The average Bonchev–Trinajstić information content (AvgIpc) is 2.52. The Morgan fingerprint density at radius 1 is 1.09 bits per heavy atom. The lowest BCUT2D eigenvalue weighted by Crippen LogP contribution is -3.00. The van der Waals surface area contributed by atoms with Gasteiger partial charge >= 0.3 is 0 Å². The highest BCUT2D eigenvalue weighted by atomic mass is 35.5. The van der Waals surface area contributed by atoms with Gasteiger partial charge in [-0.15, -0.1) is 0 Å². The molecule has 3 nitrogen and oxygen atoms in total. The fraction of sp³-hybridized carbons (Fsp3) is 0.368. The molecule has 0 radical (unpaired) electrons. The van der Waals surface area contributed by atoms with Gasteiger partial charge in [0.05, 0.1) is 6.04 Å². The Kier molecular flexibility index (Phi) is 8.70. The molecule has 0 fully saturated rings. The van der Waals surface area contributed by atoms with E-state index in [4.69, 9.17) is 4.74 Å². The maximum Gasteiger partial charge on any atom is 0.137 e. The third kappa shape index (κ3) is 7.51. The Morgan fingerprint density at radius 3 is 2.52 bits per heavy atom. The number of aryl methyl sites for hydroxylation is 1. The molecular weight excluding hydrogens is 310 g/mol.